The summed E-state index contributed by atoms with van der Waals surface area (Å²) in [5.74, 6) is 0.820. The fraction of sp³-hybridized carbons (Fsp3) is 0.333. The number of nitrogens with zero attached hydrogens (tertiary/aromatic N) is 2. The molecule has 1 aliphatic heterocycles. The number of nitriles is 1. The van der Waals surface area contributed by atoms with Gasteiger partial charge in [0.25, 0.3) is 0 Å². The van der Waals surface area contributed by atoms with E-state index in [1.54, 1.807) is 25.3 Å². The first-order valence-corrected chi connectivity index (χ1v) is 9.61. The molecule has 0 aromatic heterocycles. The summed E-state index contributed by atoms with van der Waals surface area (Å²) in [6.07, 6.45) is 2.31. The lowest BCUT2D eigenvalue weighted by Gasteiger charge is -2.29. The van der Waals surface area contributed by atoms with E-state index in [9.17, 15) is 4.79 Å². The molecular weight excluding hydrogens is 376 g/mol. The summed E-state index contributed by atoms with van der Waals surface area (Å²) in [5.41, 5.74) is 1.98. The minimum atomic E-state index is -0.320. The summed E-state index contributed by atoms with van der Waals surface area (Å²) in [6.45, 7) is 2.45. The summed E-state index contributed by atoms with van der Waals surface area (Å²) >= 11 is 6.03. The number of rotatable bonds is 6. The third kappa shape index (κ3) is 4.75. The van der Waals surface area contributed by atoms with Crippen LogP contribution in [-0.4, -0.2) is 37.7 Å². The Bertz CT molecular complexity index is 875. The van der Waals surface area contributed by atoms with E-state index in [-0.39, 0.29) is 12.1 Å². The van der Waals surface area contributed by atoms with Crippen molar-refractivity contribution in [3.05, 3.63) is 58.6 Å². The van der Waals surface area contributed by atoms with Gasteiger partial charge in [0.1, 0.15) is 11.8 Å². The molecule has 2 amide bonds. The first-order chi connectivity index (χ1) is 13.6. The van der Waals surface area contributed by atoms with Crippen LogP contribution < -0.4 is 15.4 Å². The van der Waals surface area contributed by atoms with Gasteiger partial charge in [0.2, 0.25) is 0 Å². The van der Waals surface area contributed by atoms with Crippen molar-refractivity contribution in [2.45, 2.75) is 18.9 Å². The lowest BCUT2D eigenvalue weighted by Crippen LogP contribution is -2.38. The molecule has 1 unspecified atom stereocenters. The molecule has 3 rings (SSSR count). The van der Waals surface area contributed by atoms with E-state index in [2.05, 4.69) is 15.5 Å². The van der Waals surface area contributed by atoms with Crippen molar-refractivity contribution >= 4 is 23.3 Å². The van der Waals surface area contributed by atoms with Gasteiger partial charge in [-0.25, -0.2) is 4.79 Å². The zero-order valence-electron chi connectivity index (χ0n) is 15.7. The number of nitrogens with one attached hydrogen (secondary N) is 2. The zero-order chi connectivity index (χ0) is 19.9. The predicted octanol–water partition coefficient (Wildman–Crippen LogP) is 4.18. The highest BCUT2D eigenvalue weighted by molar-refractivity contribution is 6.32. The number of carbonyl (C=O) groups is 1. The molecule has 2 N–H and O–H groups in total. The zero-order valence-corrected chi connectivity index (χ0v) is 16.5. The standard InChI is InChI=1S/C21H23ClN4O2/c1-28-20-7-3-2-6-17(20)19(26-10-4-5-11-26)14-24-21(27)25-16-9-8-15(13-23)18(22)12-16/h2-3,6-9,12,19H,4-5,10-11,14H2,1H3,(H2,24,25,27). The molecule has 0 bridgehead atoms. The molecule has 28 heavy (non-hydrogen) atoms. The number of methoxy groups -OCH3 is 1. The highest BCUT2D eigenvalue weighted by Crippen LogP contribution is 2.31. The van der Waals surface area contributed by atoms with Gasteiger partial charge in [-0.15, -0.1) is 0 Å². The maximum absolute atomic E-state index is 12.4. The van der Waals surface area contributed by atoms with E-state index in [0.717, 1.165) is 37.2 Å². The first-order valence-electron chi connectivity index (χ1n) is 9.24. The molecule has 146 valence electrons. The average molecular weight is 399 g/mol. The molecule has 1 saturated heterocycles. The number of hydrogen-bond donors (Lipinski definition) is 2. The Morgan fingerprint density at radius 1 is 1.29 bits per heavy atom. The lowest BCUT2D eigenvalue weighted by molar-refractivity contribution is 0.224. The lowest BCUT2D eigenvalue weighted by atomic mass is 10.0. The van der Waals surface area contributed by atoms with E-state index in [4.69, 9.17) is 21.6 Å². The summed E-state index contributed by atoms with van der Waals surface area (Å²) in [6, 6.07) is 14.4. The molecule has 0 saturated carbocycles. The summed E-state index contributed by atoms with van der Waals surface area (Å²) < 4.78 is 5.53. The van der Waals surface area contributed by atoms with Crippen molar-refractivity contribution in [1.82, 2.24) is 10.2 Å². The predicted molar refractivity (Wildman–Crippen MR) is 110 cm³/mol. The van der Waals surface area contributed by atoms with E-state index < -0.39 is 0 Å². The molecule has 6 nitrogen and oxygen atoms in total. The van der Waals surface area contributed by atoms with Gasteiger partial charge in [0, 0.05) is 17.8 Å². The molecule has 2 aromatic carbocycles. The fourth-order valence-electron chi connectivity index (χ4n) is 3.48. The second-order valence-corrected chi connectivity index (χ2v) is 7.05. The Morgan fingerprint density at radius 3 is 2.71 bits per heavy atom. The number of amides is 2. The Balaban J connectivity index is 1.69. The number of para-hydroxylation sites is 1. The maximum atomic E-state index is 12.4. The molecule has 1 aliphatic rings. The number of ether oxygens (including phenoxy) is 1. The van der Waals surface area contributed by atoms with Gasteiger partial charge in [0.05, 0.1) is 23.7 Å². The van der Waals surface area contributed by atoms with Gasteiger partial charge in [-0.05, 0) is 50.2 Å². The highest BCUT2D eigenvalue weighted by atomic mass is 35.5. The smallest absolute Gasteiger partial charge is 0.319 e. The van der Waals surface area contributed by atoms with Gasteiger partial charge in [0.15, 0.2) is 0 Å². The third-order valence-corrected chi connectivity index (χ3v) is 5.20. The normalized spacial score (nSPS) is 14.9. The van der Waals surface area contributed by atoms with Crippen molar-refractivity contribution in [3.63, 3.8) is 0 Å². The van der Waals surface area contributed by atoms with Crippen LogP contribution in [0.25, 0.3) is 0 Å². The molecule has 7 heteroatoms. The topological polar surface area (TPSA) is 77.4 Å². The van der Waals surface area contributed by atoms with Crippen LogP contribution in [-0.2, 0) is 0 Å². The van der Waals surface area contributed by atoms with Crippen LogP contribution in [0.15, 0.2) is 42.5 Å². The minimum absolute atomic E-state index is 0.0361. The molecule has 1 atom stereocenters. The van der Waals surface area contributed by atoms with Gasteiger partial charge in [-0.2, -0.15) is 5.26 Å². The maximum Gasteiger partial charge on any atom is 0.319 e. The van der Waals surface area contributed by atoms with Crippen molar-refractivity contribution in [2.75, 3.05) is 32.1 Å². The summed E-state index contributed by atoms with van der Waals surface area (Å²) in [4.78, 5) is 14.8. The van der Waals surface area contributed by atoms with Crippen molar-refractivity contribution in [1.29, 1.82) is 5.26 Å². The number of hydrogen-bond acceptors (Lipinski definition) is 4. The van der Waals surface area contributed by atoms with Crippen LogP contribution in [0.4, 0.5) is 10.5 Å². The van der Waals surface area contributed by atoms with Gasteiger partial charge in [-0.3, -0.25) is 4.90 Å². The minimum Gasteiger partial charge on any atom is -0.496 e. The van der Waals surface area contributed by atoms with Crippen LogP contribution >= 0.6 is 11.6 Å². The average Bonchev–Trinajstić information content (AvgIpc) is 3.23. The Morgan fingerprint density at radius 2 is 2.04 bits per heavy atom. The van der Waals surface area contributed by atoms with Crippen LogP contribution in [0, 0.1) is 11.3 Å². The van der Waals surface area contributed by atoms with Gasteiger partial charge in [-0.1, -0.05) is 29.8 Å². The molecular formula is C21H23ClN4O2. The van der Waals surface area contributed by atoms with Crippen LogP contribution in [0.1, 0.15) is 30.0 Å². The first kappa shape index (κ1) is 20.0. The van der Waals surface area contributed by atoms with Crippen molar-refractivity contribution in [3.8, 4) is 11.8 Å². The monoisotopic (exact) mass is 398 g/mol. The molecule has 0 aliphatic carbocycles. The summed E-state index contributed by atoms with van der Waals surface area (Å²) in [7, 11) is 1.66. The van der Waals surface area contributed by atoms with E-state index in [0.29, 0.717) is 22.8 Å². The number of carbonyl (C=O) groups excluding carboxylic acids is 1. The molecule has 0 radical (unpaired) electrons. The second kappa shape index (κ2) is 9.45. The molecule has 1 fully saturated rings. The fourth-order valence-corrected chi connectivity index (χ4v) is 3.70. The van der Waals surface area contributed by atoms with Crippen LogP contribution in [0.2, 0.25) is 5.02 Å². The Hall–Kier alpha value is -2.75. The summed E-state index contributed by atoms with van der Waals surface area (Å²) in [5, 5.41) is 15.0. The van der Waals surface area contributed by atoms with E-state index in [1.165, 1.54) is 0 Å². The molecule has 2 aromatic rings. The number of urea groups is 1. The van der Waals surface area contributed by atoms with E-state index >= 15 is 0 Å². The molecule has 0 spiro atoms. The number of halogens is 1. The quantitative estimate of drug-likeness (QED) is 0.765. The third-order valence-electron chi connectivity index (χ3n) is 4.88. The Labute approximate surface area is 170 Å². The SMILES string of the molecule is COc1ccccc1C(CNC(=O)Nc1ccc(C#N)c(Cl)c1)N1CCCC1. The van der Waals surface area contributed by atoms with Crippen molar-refractivity contribution < 1.29 is 9.53 Å². The van der Waals surface area contributed by atoms with Crippen LogP contribution in [0.5, 0.6) is 5.75 Å². The van der Waals surface area contributed by atoms with Gasteiger partial charge < -0.3 is 15.4 Å². The van der Waals surface area contributed by atoms with Gasteiger partial charge >= 0.3 is 6.03 Å². The molecule has 1 heterocycles. The number of likely N-dealkylation sites (tertiary alicyclic amines) is 1. The number of anilines is 1. The van der Waals surface area contributed by atoms with Crippen molar-refractivity contribution in [2.24, 2.45) is 0 Å². The van der Waals surface area contributed by atoms with Crippen LogP contribution in [0.3, 0.4) is 0 Å². The largest absolute Gasteiger partial charge is 0.496 e. The highest BCUT2D eigenvalue weighted by Gasteiger charge is 2.26. The second-order valence-electron chi connectivity index (χ2n) is 6.64. The Kier molecular flexibility index (Phi) is 6.75. The number of benzene rings is 2. The van der Waals surface area contributed by atoms with E-state index in [1.807, 2.05) is 30.3 Å².